The van der Waals surface area contributed by atoms with Crippen LogP contribution in [0.25, 0.3) is 10.2 Å². The first-order valence-corrected chi connectivity index (χ1v) is 14.1. The maximum absolute atomic E-state index is 13.8. The lowest BCUT2D eigenvalue weighted by molar-refractivity contribution is -0.123. The van der Waals surface area contributed by atoms with Gasteiger partial charge >= 0.3 is 0 Å². The average Bonchev–Trinajstić information content (AvgIpc) is 3.58. The summed E-state index contributed by atoms with van der Waals surface area (Å²) in [4.78, 5) is 20.2. The van der Waals surface area contributed by atoms with Gasteiger partial charge in [-0.2, -0.15) is 9.40 Å². The molecule has 0 saturated carbocycles. The Morgan fingerprint density at radius 3 is 2.78 bits per heavy atom. The molecule has 0 aliphatic carbocycles. The van der Waals surface area contributed by atoms with Gasteiger partial charge in [-0.3, -0.25) is 14.4 Å². The number of amides is 1. The predicted molar refractivity (Wildman–Crippen MR) is 139 cm³/mol. The van der Waals surface area contributed by atoms with Crippen LogP contribution in [0.1, 0.15) is 12.8 Å². The highest BCUT2D eigenvalue weighted by molar-refractivity contribution is 7.89. The fourth-order valence-corrected chi connectivity index (χ4v) is 6.96. The number of nitrogens with zero attached hydrogens (tertiary/aromatic N) is 5. The predicted octanol–water partition coefficient (Wildman–Crippen LogP) is 3.77. The summed E-state index contributed by atoms with van der Waals surface area (Å²) < 4.78 is 49.3. The molecule has 1 fully saturated rings. The van der Waals surface area contributed by atoms with Gasteiger partial charge in [0.1, 0.15) is 11.6 Å². The first-order chi connectivity index (χ1) is 17.8. The third-order valence-electron chi connectivity index (χ3n) is 6.38. The summed E-state index contributed by atoms with van der Waals surface area (Å²) >= 11 is 1.24. The van der Waals surface area contributed by atoms with Crippen LogP contribution < -0.4 is 9.64 Å². The summed E-state index contributed by atoms with van der Waals surface area (Å²) in [6.45, 7) is 1.14. The van der Waals surface area contributed by atoms with E-state index in [1.165, 1.54) is 47.0 Å². The molecule has 4 aromatic rings. The van der Waals surface area contributed by atoms with Crippen molar-refractivity contribution in [3.63, 3.8) is 0 Å². The fraction of sp³-hybridized carbons (Fsp3) is 0.320. The van der Waals surface area contributed by atoms with Gasteiger partial charge in [0.25, 0.3) is 0 Å². The zero-order chi connectivity index (χ0) is 26.0. The van der Waals surface area contributed by atoms with Crippen LogP contribution in [-0.2, 0) is 21.4 Å². The first-order valence-electron chi connectivity index (χ1n) is 11.8. The number of rotatable bonds is 8. The Morgan fingerprint density at radius 1 is 1.24 bits per heavy atom. The number of thiazole rings is 1. The summed E-state index contributed by atoms with van der Waals surface area (Å²) in [5, 5.41) is 4.67. The van der Waals surface area contributed by atoms with E-state index in [1.807, 2.05) is 0 Å². The molecule has 1 amide bonds. The highest BCUT2D eigenvalue weighted by Gasteiger charge is 2.36. The van der Waals surface area contributed by atoms with Gasteiger partial charge in [-0.1, -0.05) is 11.3 Å². The van der Waals surface area contributed by atoms with E-state index >= 15 is 0 Å². The Bertz CT molecular complexity index is 1490. The molecule has 0 bridgehead atoms. The summed E-state index contributed by atoms with van der Waals surface area (Å²) in [6, 6.07) is 12.4. The van der Waals surface area contributed by atoms with Gasteiger partial charge in [-0.25, -0.2) is 17.8 Å². The number of fused-ring (bicyclic) bond motifs is 1. The molecular weight excluding hydrogens is 517 g/mol. The molecule has 1 saturated heterocycles. The van der Waals surface area contributed by atoms with Crippen LogP contribution in [0.3, 0.4) is 0 Å². The average molecular weight is 544 g/mol. The molecule has 194 valence electrons. The summed E-state index contributed by atoms with van der Waals surface area (Å²) in [5.74, 6) is -0.553. The van der Waals surface area contributed by atoms with Crippen LogP contribution in [0.5, 0.6) is 5.75 Å². The molecule has 1 aliphatic rings. The monoisotopic (exact) mass is 543 g/mol. The number of aromatic nitrogens is 3. The molecular formula is C25H26FN5O4S2. The second-order valence-electron chi connectivity index (χ2n) is 8.75. The molecule has 1 unspecified atom stereocenters. The lowest BCUT2D eigenvalue weighted by Gasteiger charge is -2.33. The second kappa shape index (κ2) is 10.6. The highest BCUT2D eigenvalue weighted by atomic mass is 32.2. The Balaban J connectivity index is 1.40. The number of carbonyl (C=O) groups is 1. The van der Waals surface area contributed by atoms with E-state index in [-0.39, 0.29) is 23.2 Å². The number of benzene rings is 2. The maximum Gasteiger partial charge on any atom is 0.243 e. The quantitative estimate of drug-likeness (QED) is 0.336. The number of anilines is 1. The third-order valence-corrected chi connectivity index (χ3v) is 9.30. The lowest BCUT2D eigenvalue weighted by Crippen LogP contribution is -2.47. The van der Waals surface area contributed by atoms with E-state index in [0.717, 1.165) is 0 Å². The minimum Gasteiger partial charge on any atom is -0.497 e. The van der Waals surface area contributed by atoms with Gasteiger partial charge in [-0.15, -0.1) is 0 Å². The molecule has 37 heavy (non-hydrogen) atoms. The van der Waals surface area contributed by atoms with Crippen molar-refractivity contribution in [1.29, 1.82) is 0 Å². The molecule has 1 atom stereocenters. The smallest absolute Gasteiger partial charge is 0.243 e. The number of sulfonamides is 1. The van der Waals surface area contributed by atoms with Gasteiger partial charge in [0.05, 0.1) is 34.7 Å². The Hall–Kier alpha value is -3.35. The highest BCUT2D eigenvalue weighted by Crippen LogP contribution is 2.32. The fourth-order valence-electron chi connectivity index (χ4n) is 4.42. The van der Waals surface area contributed by atoms with Gasteiger partial charge in [0.2, 0.25) is 15.9 Å². The number of halogens is 1. The minimum atomic E-state index is -3.78. The molecule has 3 heterocycles. The molecule has 0 N–H and O–H groups in total. The van der Waals surface area contributed by atoms with Crippen molar-refractivity contribution < 1.29 is 22.3 Å². The third kappa shape index (κ3) is 5.36. The molecule has 1 aliphatic heterocycles. The van der Waals surface area contributed by atoms with E-state index in [1.54, 1.807) is 46.2 Å². The van der Waals surface area contributed by atoms with Crippen molar-refractivity contribution in [2.45, 2.75) is 24.3 Å². The summed E-state index contributed by atoms with van der Waals surface area (Å²) in [6.07, 6.45) is 4.59. The SMILES string of the molecule is COc1ccc(S(=O)(=O)N2CCCC(C(=O)N(CCn3cccn3)c3nc4ccc(F)cc4s3)C2)cc1. The van der Waals surface area contributed by atoms with Crippen LogP contribution >= 0.6 is 11.3 Å². The maximum atomic E-state index is 13.8. The largest absolute Gasteiger partial charge is 0.497 e. The Labute approximate surface area is 218 Å². The number of hydrogen-bond donors (Lipinski definition) is 0. The van der Waals surface area contributed by atoms with Crippen molar-refractivity contribution in [2.24, 2.45) is 5.92 Å². The first kappa shape index (κ1) is 25.3. The molecule has 0 spiro atoms. The number of ether oxygens (including phenoxy) is 1. The number of piperidine rings is 1. The lowest BCUT2D eigenvalue weighted by atomic mass is 9.98. The topological polar surface area (TPSA) is 97.6 Å². The van der Waals surface area contributed by atoms with Crippen molar-refractivity contribution in [1.82, 2.24) is 19.1 Å². The Kier molecular flexibility index (Phi) is 7.22. The minimum absolute atomic E-state index is 0.0744. The molecule has 5 rings (SSSR count). The van der Waals surface area contributed by atoms with E-state index < -0.39 is 15.9 Å². The van der Waals surface area contributed by atoms with Gasteiger partial charge < -0.3 is 4.74 Å². The summed E-state index contributed by atoms with van der Waals surface area (Å²) in [7, 11) is -2.26. The van der Waals surface area contributed by atoms with E-state index in [9.17, 15) is 17.6 Å². The van der Waals surface area contributed by atoms with Crippen molar-refractivity contribution in [3.05, 3.63) is 66.7 Å². The van der Waals surface area contributed by atoms with E-state index in [0.29, 0.717) is 53.6 Å². The van der Waals surface area contributed by atoms with E-state index in [2.05, 4.69) is 10.1 Å². The van der Waals surface area contributed by atoms with Crippen LogP contribution in [0.4, 0.5) is 9.52 Å². The van der Waals surface area contributed by atoms with Gasteiger partial charge in [0, 0.05) is 32.0 Å². The number of carbonyl (C=O) groups excluding carboxylic acids is 1. The van der Waals surface area contributed by atoms with Crippen molar-refractivity contribution in [2.75, 3.05) is 31.6 Å². The normalized spacial score (nSPS) is 16.6. The zero-order valence-corrected chi connectivity index (χ0v) is 21.8. The van der Waals surface area contributed by atoms with Crippen molar-refractivity contribution >= 4 is 42.6 Å². The van der Waals surface area contributed by atoms with Crippen LogP contribution in [0.15, 0.2) is 65.8 Å². The number of methoxy groups -OCH3 is 1. The molecule has 9 nitrogen and oxygen atoms in total. The van der Waals surface area contributed by atoms with Crippen LogP contribution in [0, 0.1) is 11.7 Å². The van der Waals surface area contributed by atoms with E-state index in [4.69, 9.17) is 4.74 Å². The van der Waals surface area contributed by atoms with Crippen molar-refractivity contribution in [3.8, 4) is 5.75 Å². The standard InChI is InChI=1S/C25H26FN5O4S2/c1-35-20-6-8-21(9-7-20)37(33,34)30-13-2-4-18(17-30)24(32)31(15-14-29-12-3-11-27-29)25-28-22-10-5-19(26)16-23(22)36-25/h3,5-12,16,18H,2,4,13-15,17H2,1H3. The Morgan fingerprint density at radius 2 is 2.05 bits per heavy atom. The number of hydrogen-bond acceptors (Lipinski definition) is 7. The molecule has 2 aromatic carbocycles. The van der Waals surface area contributed by atoms with Gasteiger partial charge in [-0.05, 0) is 61.4 Å². The molecule has 2 aromatic heterocycles. The zero-order valence-electron chi connectivity index (χ0n) is 20.2. The van der Waals surface area contributed by atoms with Crippen LogP contribution in [0.2, 0.25) is 0 Å². The molecule has 12 heteroatoms. The summed E-state index contributed by atoms with van der Waals surface area (Å²) in [5.41, 5.74) is 0.602. The molecule has 0 radical (unpaired) electrons. The van der Waals surface area contributed by atoms with Crippen LogP contribution in [-0.4, -0.2) is 60.1 Å². The second-order valence-corrected chi connectivity index (χ2v) is 11.7. The van der Waals surface area contributed by atoms with Gasteiger partial charge in [0.15, 0.2) is 5.13 Å².